The van der Waals surface area contributed by atoms with Crippen LogP contribution in [-0.2, 0) is 0 Å². The number of carboxylic acid groups (broad SMARTS) is 1. The van der Waals surface area contributed by atoms with Crippen LogP contribution in [0.2, 0.25) is 0 Å². The molecule has 0 amide bonds. The molecule has 1 aromatic heterocycles. The van der Waals surface area contributed by atoms with Crippen LogP contribution in [0, 0.1) is 0 Å². The van der Waals surface area contributed by atoms with Gasteiger partial charge >= 0.3 is 5.97 Å². The van der Waals surface area contributed by atoms with Crippen LogP contribution in [-0.4, -0.2) is 46.2 Å². The highest BCUT2D eigenvalue weighted by Gasteiger charge is 2.15. The zero-order valence-electron chi connectivity index (χ0n) is 12.5. The number of hydrogen-bond acceptors (Lipinski definition) is 5. The molecule has 1 aromatic rings. The Morgan fingerprint density at radius 1 is 1.40 bits per heavy atom. The van der Waals surface area contributed by atoms with Crippen molar-refractivity contribution in [3.8, 4) is 5.88 Å². The topological polar surface area (TPSA) is 88.7 Å². The van der Waals surface area contributed by atoms with Crippen molar-refractivity contribution in [2.75, 3.05) is 18.9 Å². The molecule has 1 heterocycles. The second kappa shape index (κ2) is 7.09. The van der Waals surface area contributed by atoms with Crippen LogP contribution in [0.25, 0.3) is 0 Å². The van der Waals surface area contributed by atoms with E-state index in [1.807, 2.05) is 0 Å². The van der Waals surface area contributed by atoms with Gasteiger partial charge in [0.25, 0.3) is 0 Å². The van der Waals surface area contributed by atoms with Crippen LogP contribution in [0.5, 0.6) is 5.88 Å². The second-order valence-electron chi connectivity index (χ2n) is 5.16. The van der Waals surface area contributed by atoms with E-state index in [0.29, 0.717) is 18.7 Å². The number of nitrogen functional groups attached to an aromatic ring is 1. The van der Waals surface area contributed by atoms with E-state index in [0.717, 1.165) is 6.54 Å². The number of pyridine rings is 1. The van der Waals surface area contributed by atoms with Gasteiger partial charge in [0.15, 0.2) is 0 Å². The zero-order valence-corrected chi connectivity index (χ0v) is 12.5. The van der Waals surface area contributed by atoms with Crippen molar-refractivity contribution in [2.24, 2.45) is 0 Å². The molecule has 1 rings (SSSR count). The third kappa shape index (κ3) is 4.09. The Morgan fingerprint density at radius 3 is 2.50 bits per heavy atom. The minimum atomic E-state index is -1.08. The van der Waals surface area contributed by atoms with Gasteiger partial charge in [-0.3, -0.25) is 4.90 Å². The zero-order chi connectivity index (χ0) is 15.3. The number of nitrogens with two attached hydrogens (primary N) is 1. The molecule has 0 saturated carbocycles. The summed E-state index contributed by atoms with van der Waals surface area (Å²) in [6, 6.07) is 2.18. The number of aromatic carboxylic acids is 1. The molecule has 0 aliphatic rings. The summed E-state index contributed by atoms with van der Waals surface area (Å²) in [6.45, 7) is 9.63. The highest BCUT2D eigenvalue weighted by molar-refractivity contribution is 5.94. The summed E-state index contributed by atoms with van der Waals surface area (Å²) in [5, 5.41) is 8.98. The molecular formula is C14H23N3O3. The van der Waals surface area contributed by atoms with Crippen molar-refractivity contribution < 1.29 is 14.6 Å². The first-order chi connectivity index (χ1) is 9.34. The number of rotatable bonds is 7. The number of carboxylic acids is 1. The highest BCUT2D eigenvalue weighted by atomic mass is 16.5. The average molecular weight is 281 g/mol. The van der Waals surface area contributed by atoms with Crippen molar-refractivity contribution in [1.82, 2.24) is 9.88 Å². The molecule has 0 radical (unpaired) electrons. The molecule has 0 saturated heterocycles. The maximum absolute atomic E-state index is 11.0. The molecule has 0 aliphatic carbocycles. The van der Waals surface area contributed by atoms with Crippen LogP contribution < -0.4 is 10.5 Å². The summed E-state index contributed by atoms with van der Waals surface area (Å²) < 4.78 is 5.52. The number of nitrogens with zero attached hydrogens (tertiary/aromatic N) is 2. The number of carbonyl (C=O) groups is 1. The predicted octanol–water partition coefficient (Wildman–Crippen LogP) is 1.86. The van der Waals surface area contributed by atoms with Gasteiger partial charge in [-0.25, -0.2) is 9.78 Å². The summed E-state index contributed by atoms with van der Waals surface area (Å²) in [5.41, 5.74) is 5.82. The molecule has 0 aromatic carbocycles. The number of hydrogen-bond donors (Lipinski definition) is 2. The Bertz CT molecular complexity index is 453. The highest BCUT2D eigenvalue weighted by Crippen LogP contribution is 2.22. The number of anilines is 1. The molecule has 0 atom stereocenters. The minimum Gasteiger partial charge on any atom is -0.478 e. The molecule has 20 heavy (non-hydrogen) atoms. The lowest BCUT2D eigenvalue weighted by molar-refractivity contribution is 0.0697. The van der Waals surface area contributed by atoms with Crippen molar-refractivity contribution in [3.63, 3.8) is 0 Å². The number of aromatic nitrogens is 1. The van der Waals surface area contributed by atoms with Crippen molar-refractivity contribution in [1.29, 1.82) is 0 Å². The Kier molecular flexibility index (Phi) is 5.76. The first-order valence-corrected chi connectivity index (χ1v) is 6.71. The third-order valence-electron chi connectivity index (χ3n) is 3.10. The van der Waals surface area contributed by atoms with Crippen LogP contribution in [0.1, 0.15) is 38.1 Å². The fourth-order valence-corrected chi connectivity index (χ4v) is 2.12. The smallest absolute Gasteiger partial charge is 0.338 e. The van der Waals surface area contributed by atoms with Crippen molar-refractivity contribution in [2.45, 2.75) is 39.8 Å². The molecule has 6 heteroatoms. The van der Waals surface area contributed by atoms with E-state index in [9.17, 15) is 4.79 Å². The van der Waals surface area contributed by atoms with Gasteiger partial charge in [0.05, 0.1) is 5.56 Å². The lowest BCUT2D eigenvalue weighted by Crippen LogP contribution is -2.39. The Balaban J connectivity index is 2.67. The second-order valence-corrected chi connectivity index (χ2v) is 5.16. The molecule has 3 N–H and O–H groups in total. The normalized spacial score (nSPS) is 11.3. The SMILES string of the molecule is CC(C)N(CCOc1nccc(C(=O)O)c1N)C(C)C. The summed E-state index contributed by atoms with van der Waals surface area (Å²) in [6.07, 6.45) is 1.39. The maximum Gasteiger partial charge on any atom is 0.338 e. The number of ether oxygens (including phenoxy) is 1. The molecule has 112 valence electrons. The largest absolute Gasteiger partial charge is 0.478 e. The van der Waals surface area contributed by atoms with Crippen molar-refractivity contribution in [3.05, 3.63) is 17.8 Å². The van der Waals surface area contributed by atoms with E-state index in [2.05, 4.69) is 37.6 Å². The van der Waals surface area contributed by atoms with Gasteiger partial charge < -0.3 is 15.6 Å². The summed E-state index contributed by atoms with van der Waals surface area (Å²) in [4.78, 5) is 17.2. The van der Waals surface area contributed by atoms with Gasteiger partial charge in [-0.15, -0.1) is 0 Å². The van der Waals surface area contributed by atoms with Crippen LogP contribution in [0.15, 0.2) is 12.3 Å². The van der Waals surface area contributed by atoms with Gasteiger partial charge in [0.2, 0.25) is 5.88 Å². The molecule has 0 spiro atoms. The summed E-state index contributed by atoms with van der Waals surface area (Å²) in [7, 11) is 0. The fourth-order valence-electron chi connectivity index (χ4n) is 2.12. The van der Waals surface area contributed by atoms with Gasteiger partial charge in [0, 0.05) is 24.8 Å². The van der Waals surface area contributed by atoms with Crippen LogP contribution in [0.3, 0.4) is 0 Å². The molecule has 6 nitrogen and oxygen atoms in total. The van der Waals surface area contributed by atoms with Gasteiger partial charge in [0.1, 0.15) is 12.3 Å². The van der Waals surface area contributed by atoms with E-state index in [4.69, 9.17) is 15.6 Å². The average Bonchev–Trinajstić information content (AvgIpc) is 2.34. The lowest BCUT2D eigenvalue weighted by Gasteiger charge is -2.30. The lowest BCUT2D eigenvalue weighted by atomic mass is 10.2. The molecule has 0 fully saturated rings. The standard InChI is InChI=1S/C14H23N3O3/c1-9(2)17(10(3)4)7-8-20-13-12(15)11(14(18)19)5-6-16-13/h5-6,9-10H,7-8,15H2,1-4H3,(H,18,19). The van der Waals surface area contributed by atoms with E-state index in [-0.39, 0.29) is 17.1 Å². The quantitative estimate of drug-likeness (QED) is 0.793. The van der Waals surface area contributed by atoms with E-state index in [1.54, 1.807) is 0 Å². The van der Waals surface area contributed by atoms with E-state index < -0.39 is 5.97 Å². The Hall–Kier alpha value is -1.82. The van der Waals surface area contributed by atoms with Crippen LogP contribution >= 0.6 is 0 Å². The first-order valence-electron chi connectivity index (χ1n) is 6.71. The minimum absolute atomic E-state index is 0.0135. The Labute approximate surface area is 119 Å². The fraction of sp³-hybridized carbons (Fsp3) is 0.571. The van der Waals surface area contributed by atoms with Gasteiger partial charge in [-0.1, -0.05) is 0 Å². The van der Waals surface area contributed by atoms with Gasteiger partial charge in [-0.05, 0) is 33.8 Å². The Morgan fingerprint density at radius 2 is 2.00 bits per heavy atom. The summed E-state index contributed by atoms with van der Waals surface area (Å²) in [5.74, 6) is -0.905. The van der Waals surface area contributed by atoms with E-state index >= 15 is 0 Å². The summed E-state index contributed by atoms with van der Waals surface area (Å²) >= 11 is 0. The molecular weight excluding hydrogens is 258 g/mol. The molecule has 0 bridgehead atoms. The van der Waals surface area contributed by atoms with Crippen molar-refractivity contribution >= 4 is 11.7 Å². The molecule has 0 unspecified atom stereocenters. The maximum atomic E-state index is 11.0. The van der Waals surface area contributed by atoms with Crippen LogP contribution in [0.4, 0.5) is 5.69 Å². The third-order valence-corrected chi connectivity index (χ3v) is 3.10. The van der Waals surface area contributed by atoms with E-state index in [1.165, 1.54) is 12.3 Å². The van der Waals surface area contributed by atoms with Gasteiger partial charge in [-0.2, -0.15) is 0 Å². The molecule has 0 aliphatic heterocycles. The first kappa shape index (κ1) is 16.2. The monoisotopic (exact) mass is 281 g/mol. The predicted molar refractivity (Wildman–Crippen MR) is 78.1 cm³/mol.